The number of nitrogens with one attached hydrogen (secondary N) is 1. The van der Waals surface area contributed by atoms with Crippen LogP contribution in [0.25, 0.3) is 11.0 Å². The molecule has 3 aromatic rings. The zero-order valence-corrected chi connectivity index (χ0v) is 18.9. The molecule has 1 aliphatic rings. The van der Waals surface area contributed by atoms with E-state index >= 15 is 0 Å². The zero-order valence-electron chi connectivity index (χ0n) is 18.2. The van der Waals surface area contributed by atoms with Gasteiger partial charge >= 0.3 is 6.18 Å². The number of phenols is 1. The van der Waals surface area contributed by atoms with Gasteiger partial charge in [0.25, 0.3) is 5.76 Å². The second-order valence-electron chi connectivity index (χ2n) is 8.65. The molecule has 0 saturated carbocycles. The van der Waals surface area contributed by atoms with Crippen LogP contribution in [0.5, 0.6) is 17.2 Å². The fourth-order valence-electron chi connectivity index (χ4n) is 4.13. The van der Waals surface area contributed by atoms with Gasteiger partial charge in [-0.15, -0.1) is 0 Å². The van der Waals surface area contributed by atoms with E-state index in [4.69, 9.17) is 20.8 Å². The van der Waals surface area contributed by atoms with Gasteiger partial charge < -0.3 is 19.2 Å². The number of alkyl halides is 3. The summed E-state index contributed by atoms with van der Waals surface area (Å²) in [6, 6.07) is 6.86. The molecule has 2 aromatic carbocycles. The van der Waals surface area contributed by atoms with Crippen LogP contribution in [0, 0.1) is 12.8 Å². The third kappa shape index (κ3) is 4.82. The number of hydrogen-bond acceptors (Lipinski definition) is 4. The monoisotopic (exact) mass is 482 g/mol. The van der Waals surface area contributed by atoms with Gasteiger partial charge in [-0.05, 0) is 61.6 Å². The summed E-state index contributed by atoms with van der Waals surface area (Å²) in [6.07, 6.45) is -3.02. The van der Waals surface area contributed by atoms with Gasteiger partial charge in [0.1, 0.15) is 18.0 Å². The molecule has 1 saturated heterocycles. The predicted molar refractivity (Wildman–Crippen MR) is 118 cm³/mol. The molecule has 4 rings (SSSR count). The lowest BCUT2D eigenvalue weighted by atomic mass is 9.98. The molecular formula is C24H24ClF3NO4+. The van der Waals surface area contributed by atoms with Crippen LogP contribution < -0.4 is 15.1 Å². The molecule has 5 nitrogen and oxygen atoms in total. The number of piperidine rings is 1. The Bertz CT molecular complexity index is 1250. The van der Waals surface area contributed by atoms with Crippen molar-refractivity contribution < 1.29 is 32.3 Å². The SMILES string of the molecule is Cc1cc(Oc2c(C(F)(F)F)oc3c(C[NH+]4CCC(C)CC4)c(O)ccc3c2=O)ccc1Cl. The Morgan fingerprint density at radius 2 is 1.91 bits per heavy atom. The first-order valence-corrected chi connectivity index (χ1v) is 11.1. The maximum atomic E-state index is 13.9. The van der Waals surface area contributed by atoms with Gasteiger partial charge in [-0.3, -0.25) is 4.79 Å². The molecule has 0 unspecified atom stereocenters. The Labute approximate surface area is 193 Å². The van der Waals surface area contributed by atoms with Crippen LogP contribution in [-0.4, -0.2) is 18.2 Å². The molecule has 2 N–H and O–H groups in total. The number of fused-ring (bicyclic) bond motifs is 1. The van der Waals surface area contributed by atoms with Gasteiger partial charge in [-0.2, -0.15) is 13.2 Å². The summed E-state index contributed by atoms with van der Waals surface area (Å²) in [5.41, 5.74) is -0.453. The summed E-state index contributed by atoms with van der Waals surface area (Å²) in [7, 11) is 0. The largest absolute Gasteiger partial charge is 0.507 e. The predicted octanol–water partition coefficient (Wildman–Crippen LogP) is 5.09. The summed E-state index contributed by atoms with van der Waals surface area (Å²) >= 11 is 5.98. The second kappa shape index (κ2) is 8.91. The molecule has 176 valence electrons. The minimum absolute atomic E-state index is 0.0277. The van der Waals surface area contributed by atoms with Crippen LogP contribution in [0.1, 0.15) is 36.7 Å². The Morgan fingerprint density at radius 3 is 2.55 bits per heavy atom. The fourth-order valence-corrected chi connectivity index (χ4v) is 4.25. The molecular weight excluding hydrogens is 459 g/mol. The number of benzene rings is 2. The summed E-state index contributed by atoms with van der Waals surface area (Å²) in [5.74, 6) is -2.08. The quantitative estimate of drug-likeness (QED) is 0.544. The number of rotatable bonds is 4. The van der Waals surface area contributed by atoms with Gasteiger partial charge in [-0.1, -0.05) is 18.5 Å². The number of hydrogen-bond donors (Lipinski definition) is 2. The highest BCUT2D eigenvalue weighted by molar-refractivity contribution is 6.31. The lowest BCUT2D eigenvalue weighted by molar-refractivity contribution is -0.919. The highest BCUT2D eigenvalue weighted by atomic mass is 35.5. The minimum Gasteiger partial charge on any atom is -0.507 e. The molecule has 0 aliphatic carbocycles. The van der Waals surface area contributed by atoms with E-state index in [-0.39, 0.29) is 34.6 Å². The Balaban J connectivity index is 1.84. The van der Waals surface area contributed by atoms with Gasteiger partial charge in [0.05, 0.1) is 24.0 Å². The van der Waals surface area contributed by atoms with Crippen LogP contribution in [0.4, 0.5) is 13.2 Å². The van der Waals surface area contributed by atoms with E-state index in [1.807, 2.05) is 0 Å². The minimum atomic E-state index is -4.99. The number of ether oxygens (including phenoxy) is 1. The standard InChI is InChI=1S/C24H23ClF3NO4/c1-13-7-9-29(10-8-13)12-17-19(30)6-4-16-20(31)22(23(24(26,27)28)33-21(16)17)32-15-3-5-18(25)14(2)11-15/h3-6,11,13,30H,7-10,12H2,1-2H3/p+1. The third-order valence-corrected chi connectivity index (χ3v) is 6.54. The van der Waals surface area contributed by atoms with E-state index in [2.05, 4.69) is 6.92 Å². The van der Waals surface area contributed by atoms with Crippen molar-refractivity contribution in [3.8, 4) is 17.2 Å². The molecule has 1 fully saturated rings. The van der Waals surface area contributed by atoms with E-state index in [0.29, 0.717) is 16.5 Å². The summed E-state index contributed by atoms with van der Waals surface area (Å²) < 4.78 is 52.5. The van der Waals surface area contributed by atoms with E-state index < -0.39 is 23.1 Å². The van der Waals surface area contributed by atoms with Gasteiger partial charge in [0, 0.05) is 5.02 Å². The maximum absolute atomic E-state index is 13.9. The Hall–Kier alpha value is -2.71. The van der Waals surface area contributed by atoms with Crippen molar-refractivity contribution in [2.45, 2.75) is 39.4 Å². The topological polar surface area (TPSA) is 64.1 Å². The number of aromatic hydroxyl groups is 1. The van der Waals surface area contributed by atoms with Crippen LogP contribution in [-0.2, 0) is 12.7 Å². The Kier molecular flexibility index (Phi) is 6.33. The van der Waals surface area contributed by atoms with E-state index in [1.165, 1.54) is 30.3 Å². The lowest BCUT2D eigenvalue weighted by Gasteiger charge is -2.27. The first-order chi connectivity index (χ1) is 15.5. The first-order valence-electron chi connectivity index (χ1n) is 10.7. The van der Waals surface area contributed by atoms with Crippen molar-refractivity contribution in [2.75, 3.05) is 13.1 Å². The van der Waals surface area contributed by atoms with Crippen molar-refractivity contribution >= 4 is 22.6 Å². The van der Waals surface area contributed by atoms with Crippen LogP contribution >= 0.6 is 11.6 Å². The highest BCUT2D eigenvalue weighted by Crippen LogP contribution is 2.40. The number of phenolic OH excluding ortho intramolecular Hbond substituents is 1. The average Bonchev–Trinajstić information content (AvgIpc) is 2.75. The van der Waals surface area contributed by atoms with Crippen molar-refractivity contribution in [1.82, 2.24) is 0 Å². The number of likely N-dealkylation sites (tertiary alicyclic amines) is 1. The fraction of sp³-hybridized carbons (Fsp3) is 0.375. The van der Waals surface area contributed by atoms with Crippen molar-refractivity contribution in [2.24, 2.45) is 5.92 Å². The van der Waals surface area contributed by atoms with Gasteiger partial charge in [0.2, 0.25) is 11.2 Å². The average molecular weight is 483 g/mol. The summed E-state index contributed by atoms with van der Waals surface area (Å²) in [4.78, 5) is 14.3. The van der Waals surface area contributed by atoms with E-state index in [1.54, 1.807) is 6.92 Å². The number of quaternary nitrogens is 1. The van der Waals surface area contributed by atoms with E-state index in [9.17, 15) is 23.1 Å². The normalized spacial score (nSPS) is 19.1. The molecule has 9 heteroatoms. The molecule has 0 spiro atoms. The maximum Gasteiger partial charge on any atom is 0.453 e. The van der Waals surface area contributed by atoms with Crippen LogP contribution in [0.15, 0.2) is 39.5 Å². The van der Waals surface area contributed by atoms with Gasteiger partial charge in [-0.25, -0.2) is 0 Å². The van der Waals surface area contributed by atoms with Crippen molar-refractivity contribution in [3.05, 3.63) is 62.5 Å². The van der Waals surface area contributed by atoms with Crippen molar-refractivity contribution in [1.29, 1.82) is 0 Å². The second-order valence-corrected chi connectivity index (χ2v) is 9.06. The molecule has 0 radical (unpaired) electrons. The zero-order chi connectivity index (χ0) is 23.9. The highest BCUT2D eigenvalue weighted by Gasteiger charge is 2.41. The molecule has 0 bridgehead atoms. The van der Waals surface area contributed by atoms with Gasteiger partial charge in [0.15, 0.2) is 5.58 Å². The molecule has 2 heterocycles. The smallest absolute Gasteiger partial charge is 0.453 e. The molecule has 1 aliphatic heterocycles. The molecule has 0 amide bonds. The summed E-state index contributed by atoms with van der Waals surface area (Å²) in [5, 5.41) is 10.8. The van der Waals surface area contributed by atoms with Crippen molar-refractivity contribution in [3.63, 3.8) is 0 Å². The first kappa shape index (κ1) is 23.4. The van der Waals surface area contributed by atoms with Crippen LogP contribution in [0.3, 0.4) is 0 Å². The molecule has 0 atom stereocenters. The lowest BCUT2D eigenvalue weighted by Crippen LogP contribution is -3.11. The Morgan fingerprint density at radius 1 is 1.21 bits per heavy atom. The van der Waals surface area contributed by atoms with Crippen LogP contribution in [0.2, 0.25) is 5.02 Å². The molecule has 33 heavy (non-hydrogen) atoms. The molecule has 1 aromatic heterocycles. The van der Waals surface area contributed by atoms with E-state index in [0.717, 1.165) is 30.8 Å². The third-order valence-electron chi connectivity index (χ3n) is 6.11. The number of halogens is 4. The summed E-state index contributed by atoms with van der Waals surface area (Å²) in [6.45, 7) is 5.73. The number of aryl methyl sites for hydroxylation is 1.